The minimum absolute atomic E-state index is 0.539. The largest absolute Gasteiger partial charge is 0.316 e. The minimum Gasteiger partial charge on any atom is -0.316 e. The molecule has 1 aliphatic heterocycles. The molecule has 0 spiro atoms. The number of hydrogen-bond donors (Lipinski definition) is 1. The van der Waals surface area contributed by atoms with Gasteiger partial charge >= 0.3 is 0 Å². The molecule has 1 nitrogen and oxygen atoms in total. The predicted molar refractivity (Wildman–Crippen MR) is 96.0 cm³/mol. The van der Waals surface area contributed by atoms with E-state index in [0.717, 1.165) is 17.6 Å². The number of benzene rings is 2. The zero-order valence-electron chi connectivity index (χ0n) is 12.1. The van der Waals surface area contributed by atoms with Gasteiger partial charge in [0.15, 0.2) is 0 Å². The lowest BCUT2D eigenvalue weighted by Crippen LogP contribution is -2.34. The molecule has 2 atom stereocenters. The Hall–Kier alpha value is -0.640. The van der Waals surface area contributed by atoms with Crippen molar-refractivity contribution in [3.05, 3.63) is 68.1 Å². The lowest BCUT2D eigenvalue weighted by molar-refractivity contribution is 0.404. The highest BCUT2D eigenvalue weighted by Gasteiger charge is 2.28. The third-order valence-corrected chi connectivity index (χ3v) is 5.75. The quantitative estimate of drug-likeness (QED) is 0.703. The fourth-order valence-corrected chi connectivity index (χ4v) is 3.91. The molecule has 110 valence electrons. The first-order valence-corrected chi connectivity index (χ1v) is 8.96. The van der Waals surface area contributed by atoms with E-state index in [2.05, 4.69) is 86.6 Å². The van der Waals surface area contributed by atoms with Gasteiger partial charge in [0.1, 0.15) is 0 Å². The second kappa shape index (κ2) is 6.64. The van der Waals surface area contributed by atoms with Gasteiger partial charge in [0.05, 0.1) is 0 Å². The van der Waals surface area contributed by atoms with Gasteiger partial charge < -0.3 is 5.32 Å². The monoisotopic (exact) mass is 407 g/mol. The number of nitrogens with one attached hydrogen (secondary N) is 1. The molecule has 21 heavy (non-hydrogen) atoms. The molecular formula is C18H19Br2N. The molecule has 0 saturated carbocycles. The molecule has 1 fully saturated rings. The van der Waals surface area contributed by atoms with Crippen LogP contribution in [0.1, 0.15) is 34.9 Å². The Morgan fingerprint density at radius 3 is 2.57 bits per heavy atom. The molecule has 0 amide bonds. The molecule has 1 saturated heterocycles. The van der Waals surface area contributed by atoms with E-state index in [-0.39, 0.29) is 0 Å². The number of piperidine rings is 1. The second-order valence-electron chi connectivity index (χ2n) is 5.77. The summed E-state index contributed by atoms with van der Waals surface area (Å²) >= 11 is 7.20. The van der Waals surface area contributed by atoms with Gasteiger partial charge in [0.25, 0.3) is 0 Å². The zero-order chi connectivity index (χ0) is 14.8. The molecule has 2 aromatic carbocycles. The number of rotatable bonds is 2. The van der Waals surface area contributed by atoms with E-state index in [1.807, 2.05) is 0 Å². The van der Waals surface area contributed by atoms with Crippen molar-refractivity contribution in [1.82, 2.24) is 5.32 Å². The molecule has 0 aromatic heterocycles. The number of halogens is 2. The number of hydrogen-bond acceptors (Lipinski definition) is 1. The predicted octanol–water partition coefficient (Wildman–Crippen LogP) is 5.38. The van der Waals surface area contributed by atoms with Crippen LogP contribution >= 0.6 is 31.9 Å². The van der Waals surface area contributed by atoms with Crippen LogP contribution in [0.2, 0.25) is 0 Å². The highest BCUT2D eigenvalue weighted by molar-refractivity contribution is 9.10. The van der Waals surface area contributed by atoms with Gasteiger partial charge in [-0.15, -0.1) is 0 Å². The summed E-state index contributed by atoms with van der Waals surface area (Å²) in [6.45, 7) is 4.32. The molecule has 2 aromatic rings. The normalized spacial score (nSPS) is 22.2. The summed E-state index contributed by atoms with van der Waals surface area (Å²) in [7, 11) is 0. The van der Waals surface area contributed by atoms with Crippen molar-refractivity contribution in [2.24, 2.45) is 0 Å². The molecule has 2 unspecified atom stereocenters. The van der Waals surface area contributed by atoms with Crippen molar-refractivity contribution in [1.29, 1.82) is 0 Å². The average molecular weight is 409 g/mol. The van der Waals surface area contributed by atoms with Crippen LogP contribution < -0.4 is 5.32 Å². The molecule has 1 N–H and O–H groups in total. The molecular weight excluding hydrogens is 390 g/mol. The van der Waals surface area contributed by atoms with Crippen LogP contribution in [0.25, 0.3) is 0 Å². The Balaban J connectivity index is 1.96. The molecule has 3 rings (SSSR count). The van der Waals surface area contributed by atoms with Gasteiger partial charge in [0.2, 0.25) is 0 Å². The summed E-state index contributed by atoms with van der Waals surface area (Å²) in [6, 6.07) is 15.5. The van der Waals surface area contributed by atoms with E-state index in [1.54, 1.807) is 0 Å². The summed E-state index contributed by atoms with van der Waals surface area (Å²) in [5.74, 6) is 1.13. The molecule has 3 heteroatoms. The van der Waals surface area contributed by atoms with E-state index < -0.39 is 0 Å². The lowest BCUT2D eigenvalue weighted by Gasteiger charge is -2.33. The third kappa shape index (κ3) is 3.41. The van der Waals surface area contributed by atoms with E-state index in [0.29, 0.717) is 11.8 Å². The molecule has 0 bridgehead atoms. The van der Waals surface area contributed by atoms with Gasteiger partial charge in [-0.2, -0.15) is 0 Å². The molecule has 0 radical (unpaired) electrons. The van der Waals surface area contributed by atoms with Crippen LogP contribution in [0.5, 0.6) is 0 Å². The summed E-state index contributed by atoms with van der Waals surface area (Å²) in [4.78, 5) is 0. The number of aryl methyl sites for hydroxylation is 1. The van der Waals surface area contributed by atoms with Gasteiger partial charge in [0, 0.05) is 21.4 Å². The van der Waals surface area contributed by atoms with Crippen molar-refractivity contribution < 1.29 is 0 Å². The maximum absolute atomic E-state index is 3.60. The minimum atomic E-state index is 0.539. The van der Waals surface area contributed by atoms with E-state index >= 15 is 0 Å². The Kier molecular flexibility index (Phi) is 4.82. The van der Waals surface area contributed by atoms with Crippen LogP contribution in [0.4, 0.5) is 0 Å². The van der Waals surface area contributed by atoms with Crippen molar-refractivity contribution in [2.45, 2.75) is 25.2 Å². The van der Waals surface area contributed by atoms with E-state index in [4.69, 9.17) is 0 Å². The highest BCUT2D eigenvalue weighted by atomic mass is 79.9. The van der Waals surface area contributed by atoms with E-state index in [9.17, 15) is 0 Å². The van der Waals surface area contributed by atoms with Crippen LogP contribution in [-0.4, -0.2) is 13.1 Å². The fraction of sp³-hybridized carbons (Fsp3) is 0.333. The smallest absolute Gasteiger partial charge is 0.0204 e. The summed E-state index contributed by atoms with van der Waals surface area (Å²) in [6.07, 6.45) is 1.19. The van der Waals surface area contributed by atoms with E-state index in [1.165, 1.54) is 27.6 Å². The summed E-state index contributed by atoms with van der Waals surface area (Å²) < 4.78 is 2.36. The summed E-state index contributed by atoms with van der Waals surface area (Å²) in [5.41, 5.74) is 4.20. The first-order chi connectivity index (χ1) is 10.1. The van der Waals surface area contributed by atoms with Crippen molar-refractivity contribution in [3.8, 4) is 0 Å². The Morgan fingerprint density at radius 1 is 1.00 bits per heavy atom. The Bertz CT molecular complexity index is 639. The van der Waals surface area contributed by atoms with Crippen LogP contribution in [-0.2, 0) is 0 Å². The highest BCUT2D eigenvalue weighted by Crippen LogP contribution is 2.38. The third-order valence-electron chi connectivity index (χ3n) is 4.37. The van der Waals surface area contributed by atoms with Gasteiger partial charge in [-0.3, -0.25) is 0 Å². The summed E-state index contributed by atoms with van der Waals surface area (Å²) in [5, 5.41) is 3.55. The first-order valence-electron chi connectivity index (χ1n) is 7.37. The van der Waals surface area contributed by atoms with Crippen LogP contribution in [0.3, 0.4) is 0 Å². The molecule has 1 heterocycles. The first kappa shape index (κ1) is 15.3. The topological polar surface area (TPSA) is 12.0 Å². The fourth-order valence-electron chi connectivity index (χ4n) is 3.24. The van der Waals surface area contributed by atoms with Gasteiger partial charge in [-0.25, -0.2) is 0 Å². The Labute approximate surface area is 143 Å². The molecule has 0 aliphatic carbocycles. The van der Waals surface area contributed by atoms with Gasteiger partial charge in [-0.1, -0.05) is 56.1 Å². The van der Waals surface area contributed by atoms with Crippen LogP contribution in [0.15, 0.2) is 51.4 Å². The standard InChI is InChI=1S/C18H19Br2N/c1-12-9-14(5-6-18(12)20)16-7-8-21-11-17(16)13-3-2-4-15(19)10-13/h2-6,9-10,16-17,21H,7-8,11H2,1H3. The zero-order valence-corrected chi connectivity index (χ0v) is 15.2. The molecule has 1 aliphatic rings. The average Bonchev–Trinajstić information content (AvgIpc) is 2.50. The van der Waals surface area contributed by atoms with Crippen molar-refractivity contribution in [2.75, 3.05) is 13.1 Å². The lowest BCUT2D eigenvalue weighted by atomic mass is 9.77. The second-order valence-corrected chi connectivity index (χ2v) is 7.54. The Morgan fingerprint density at radius 2 is 1.81 bits per heavy atom. The SMILES string of the molecule is Cc1cc(C2CCNCC2c2cccc(Br)c2)ccc1Br. The van der Waals surface area contributed by atoms with Crippen molar-refractivity contribution in [3.63, 3.8) is 0 Å². The van der Waals surface area contributed by atoms with Crippen LogP contribution in [0, 0.1) is 6.92 Å². The maximum Gasteiger partial charge on any atom is 0.0204 e. The van der Waals surface area contributed by atoms with Gasteiger partial charge in [-0.05, 0) is 60.7 Å². The maximum atomic E-state index is 3.60. The van der Waals surface area contributed by atoms with Crippen molar-refractivity contribution >= 4 is 31.9 Å².